The number of hydrogen-bond acceptors (Lipinski definition) is 2. The third-order valence-electron chi connectivity index (χ3n) is 2.44. The first-order valence-electron chi connectivity index (χ1n) is 5.28. The van der Waals surface area contributed by atoms with Crippen LogP contribution in [-0.2, 0) is 6.54 Å². The summed E-state index contributed by atoms with van der Waals surface area (Å²) in [5.74, 6) is 0. The fraction of sp³-hybridized carbons (Fsp3) is 0.250. The predicted molar refractivity (Wildman–Crippen MR) is 69.2 cm³/mol. The smallest absolute Gasteiger partial charge is 0.333 e. The molecular formula is C12H14ClF2N3. The van der Waals surface area contributed by atoms with E-state index in [-0.39, 0.29) is 12.4 Å². The van der Waals surface area contributed by atoms with Crippen molar-refractivity contribution in [1.82, 2.24) is 9.78 Å². The van der Waals surface area contributed by atoms with Crippen LogP contribution in [0.15, 0.2) is 36.5 Å². The van der Waals surface area contributed by atoms with E-state index in [2.05, 4.69) is 10.4 Å². The minimum atomic E-state index is -2.60. The molecule has 0 saturated heterocycles. The Morgan fingerprint density at radius 2 is 1.94 bits per heavy atom. The van der Waals surface area contributed by atoms with Crippen LogP contribution >= 0.6 is 12.4 Å². The molecule has 0 unspecified atom stereocenters. The molecule has 98 valence electrons. The number of hydrogen-bond donors (Lipinski definition) is 1. The molecule has 1 aromatic heterocycles. The lowest BCUT2D eigenvalue weighted by atomic mass is 10.2. The molecule has 0 atom stereocenters. The van der Waals surface area contributed by atoms with Crippen molar-refractivity contribution in [3.8, 4) is 0 Å². The number of rotatable bonds is 4. The van der Waals surface area contributed by atoms with Gasteiger partial charge in [0.2, 0.25) is 0 Å². The second-order valence-electron chi connectivity index (χ2n) is 3.73. The normalized spacial score (nSPS) is 10.2. The number of alkyl halides is 2. The molecule has 3 nitrogen and oxygen atoms in total. The molecule has 1 N–H and O–H groups in total. The highest BCUT2D eigenvalue weighted by Gasteiger charge is 2.10. The Hall–Kier alpha value is -1.62. The van der Waals surface area contributed by atoms with E-state index >= 15 is 0 Å². The highest BCUT2D eigenvalue weighted by Crippen LogP contribution is 2.18. The zero-order valence-electron chi connectivity index (χ0n) is 9.81. The van der Waals surface area contributed by atoms with E-state index in [1.54, 1.807) is 6.92 Å². The lowest BCUT2D eigenvalue weighted by Crippen LogP contribution is -1.99. The van der Waals surface area contributed by atoms with E-state index in [9.17, 15) is 8.78 Å². The molecule has 18 heavy (non-hydrogen) atoms. The van der Waals surface area contributed by atoms with Crippen LogP contribution in [0.25, 0.3) is 0 Å². The fourth-order valence-corrected chi connectivity index (χ4v) is 1.55. The number of nitrogens with zero attached hydrogens (tertiary/aromatic N) is 2. The topological polar surface area (TPSA) is 29.9 Å². The van der Waals surface area contributed by atoms with Gasteiger partial charge in [-0.3, -0.25) is 0 Å². The SMILES string of the molecule is Cc1nn(C(F)F)cc1NCc1ccccc1.Cl. The van der Waals surface area contributed by atoms with Gasteiger partial charge in [-0.15, -0.1) is 12.4 Å². The van der Waals surface area contributed by atoms with Gasteiger partial charge in [-0.2, -0.15) is 13.9 Å². The molecule has 0 amide bonds. The molecule has 1 aromatic carbocycles. The lowest BCUT2D eigenvalue weighted by molar-refractivity contribution is 0.0563. The van der Waals surface area contributed by atoms with Crippen LogP contribution in [0, 0.1) is 6.92 Å². The van der Waals surface area contributed by atoms with Gasteiger partial charge in [0, 0.05) is 6.54 Å². The zero-order valence-corrected chi connectivity index (χ0v) is 10.6. The van der Waals surface area contributed by atoms with Gasteiger partial charge in [0.1, 0.15) is 0 Å². The summed E-state index contributed by atoms with van der Waals surface area (Å²) < 4.78 is 25.4. The van der Waals surface area contributed by atoms with Crippen molar-refractivity contribution in [3.63, 3.8) is 0 Å². The van der Waals surface area contributed by atoms with E-state index in [0.29, 0.717) is 22.6 Å². The van der Waals surface area contributed by atoms with Gasteiger partial charge < -0.3 is 5.32 Å². The zero-order chi connectivity index (χ0) is 12.3. The third-order valence-corrected chi connectivity index (χ3v) is 2.44. The van der Waals surface area contributed by atoms with Crippen LogP contribution in [0.1, 0.15) is 17.8 Å². The number of aromatic nitrogens is 2. The van der Waals surface area contributed by atoms with E-state index in [1.165, 1.54) is 6.20 Å². The van der Waals surface area contributed by atoms with Gasteiger partial charge in [0.15, 0.2) is 0 Å². The Bertz CT molecular complexity index is 485. The molecule has 2 rings (SSSR count). The molecule has 6 heteroatoms. The van der Waals surface area contributed by atoms with E-state index in [0.717, 1.165) is 5.56 Å². The maximum Gasteiger partial charge on any atom is 0.333 e. The molecule has 1 heterocycles. The number of anilines is 1. The summed E-state index contributed by atoms with van der Waals surface area (Å²) in [6.07, 6.45) is 1.32. The molecule has 0 saturated carbocycles. The Labute approximate surface area is 110 Å². The summed E-state index contributed by atoms with van der Waals surface area (Å²) in [4.78, 5) is 0. The number of benzene rings is 1. The maximum absolute atomic E-state index is 12.4. The molecule has 2 aromatic rings. The first-order valence-corrected chi connectivity index (χ1v) is 5.28. The van der Waals surface area contributed by atoms with Crippen LogP contribution in [-0.4, -0.2) is 9.78 Å². The first-order chi connectivity index (χ1) is 8.16. The van der Waals surface area contributed by atoms with Gasteiger partial charge >= 0.3 is 6.55 Å². The van der Waals surface area contributed by atoms with Gasteiger partial charge in [0.25, 0.3) is 0 Å². The van der Waals surface area contributed by atoms with Crippen LogP contribution in [0.4, 0.5) is 14.5 Å². The van der Waals surface area contributed by atoms with Crippen molar-refractivity contribution in [2.24, 2.45) is 0 Å². The standard InChI is InChI=1S/C12H13F2N3.ClH/c1-9-11(8-17(16-9)12(13)14)15-7-10-5-3-2-4-6-10;/h2-6,8,12,15H,7H2,1H3;1H. The van der Waals surface area contributed by atoms with Crippen LogP contribution in [0.2, 0.25) is 0 Å². The van der Waals surface area contributed by atoms with Crippen LogP contribution in [0.3, 0.4) is 0 Å². The van der Waals surface area contributed by atoms with Gasteiger partial charge in [-0.1, -0.05) is 30.3 Å². The van der Waals surface area contributed by atoms with Gasteiger partial charge in [0.05, 0.1) is 17.6 Å². The van der Waals surface area contributed by atoms with Gasteiger partial charge in [-0.05, 0) is 12.5 Å². The Morgan fingerprint density at radius 3 is 2.50 bits per heavy atom. The fourth-order valence-electron chi connectivity index (χ4n) is 1.55. The van der Waals surface area contributed by atoms with Crippen LogP contribution < -0.4 is 5.32 Å². The summed E-state index contributed by atoms with van der Waals surface area (Å²) in [6, 6.07) is 9.75. The van der Waals surface area contributed by atoms with Crippen molar-refractivity contribution < 1.29 is 8.78 Å². The summed E-state index contributed by atoms with van der Waals surface area (Å²) >= 11 is 0. The molecule has 0 aliphatic heterocycles. The number of nitrogens with one attached hydrogen (secondary N) is 1. The highest BCUT2D eigenvalue weighted by atomic mass is 35.5. The second-order valence-corrected chi connectivity index (χ2v) is 3.73. The van der Waals surface area contributed by atoms with Crippen LogP contribution in [0.5, 0.6) is 0 Å². The van der Waals surface area contributed by atoms with Crippen molar-refractivity contribution in [3.05, 3.63) is 47.8 Å². The molecule has 0 spiro atoms. The summed E-state index contributed by atoms with van der Waals surface area (Å²) in [7, 11) is 0. The predicted octanol–water partition coefficient (Wildman–Crippen LogP) is 3.62. The quantitative estimate of drug-likeness (QED) is 0.922. The van der Waals surface area contributed by atoms with E-state index in [1.807, 2.05) is 30.3 Å². The van der Waals surface area contributed by atoms with Crippen molar-refractivity contribution in [2.75, 3.05) is 5.32 Å². The Balaban J connectivity index is 0.00000162. The average molecular weight is 274 g/mol. The minimum absolute atomic E-state index is 0. The average Bonchev–Trinajstić information content (AvgIpc) is 2.70. The van der Waals surface area contributed by atoms with E-state index < -0.39 is 6.55 Å². The monoisotopic (exact) mass is 273 g/mol. The highest BCUT2D eigenvalue weighted by molar-refractivity contribution is 5.85. The van der Waals surface area contributed by atoms with Crippen molar-refractivity contribution >= 4 is 18.1 Å². The summed E-state index contributed by atoms with van der Waals surface area (Å²) in [5.41, 5.74) is 2.30. The largest absolute Gasteiger partial charge is 0.378 e. The molecule has 0 aliphatic rings. The Morgan fingerprint density at radius 1 is 1.28 bits per heavy atom. The molecule has 0 aliphatic carbocycles. The second kappa shape index (κ2) is 6.35. The summed E-state index contributed by atoms with van der Waals surface area (Å²) in [6.45, 7) is -0.302. The number of halogens is 3. The van der Waals surface area contributed by atoms with Crippen molar-refractivity contribution in [2.45, 2.75) is 20.0 Å². The third kappa shape index (κ3) is 3.43. The van der Waals surface area contributed by atoms with Gasteiger partial charge in [-0.25, -0.2) is 4.68 Å². The van der Waals surface area contributed by atoms with Crippen molar-refractivity contribution in [1.29, 1.82) is 0 Å². The lowest BCUT2D eigenvalue weighted by Gasteiger charge is -2.04. The summed E-state index contributed by atoms with van der Waals surface area (Å²) in [5, 5.41) is 6.81. The Kier molecular flexibility index (Phi) is 5.09. The first kappa shape index (κ1) is 14.4. The van der Waals surface area contributed by atoms with E-state index in [4.69, 9.17) is 0 Å². The number of aryl methyl sites for hydroxylation is 1. The molecular weight excluding hydrogens is 260 g/mol. The molecule has 0 fully saturated rings. The molecule has 0 radical (unpaired) electrons. The maximum atomic E-state index is 12.4. The molecule has 0 bridgehead atoms. The minimum Gasteiger partial charge on any atom is -0.378 e.